The van der Waals surface area contributed by atoms with E-state index in [2.05, 4.69) is 14.9 Å². The highest BCUT2D eigenvalue weighted by molar-refractivity contribution is 5.93. The molecule has 3 heterocycles. The van der Waals surface area contributed by atoms with Crippen LogP contribution in [0.5, 0.6) is 0 Å². The molecule has 2 aliphatic rings. The molecule has 1 amide bonds. The topological polar surface area (TPSA) is 76.2 Å². The van der Waals surface area contributed by atoms with Crippen molar-refractivity contribution in [3.05, 3.63) is 36.4 Å². The lowest BCUT2D eigenvalue weighted by atomic mass is 10.0. The van der Waals surface area contributed by atoms with Gasteiger partial charge in [-0.25, -0.2) is 4.68 Å². The lowest BCUT2D eigenvalue weighted by Gasteiger charge is -2.24. The first-order valence-corrected chi connectivity index (χ1v) is 8.67. The minimum Gasteiger partial charge on any atom is -0.386 e. The summed E-state index contributed by atoms with van der Waals surface area (Å²) in [6.45, 7) is 1.27. The van der Waals surface area contributed by atoms with Crippen molar-refractivity contribution in [2.75, 3.05) is 13.1 Å². The van der Waals surface area contributed by atoms with Gasteiger partial charge in [0, 0.05) is 25.0 Å². The molecule has 128 valence electrons. The number of hydrogen-bond acceptors (Lipinski definition) is 4. The Morgan fingerprint density at radius 1 is 1.33 bits per heavy atom. The first-order valence-electron chi connectivity index (χ1n) is 8.67. The molecular formula is C17H23N5O2. The lowest BCUT2D eigenvalue weighted by molar-refractivity contribution is 0.0264. The average molecular weight is 329 g/mol. The molecule has 0 bridgehead atoms. The summed E-state index contributed by atoms with van der Waals surface area (Å²) in [7, 11) is 0. The van der Waals surface area contributed by atoms with Crippen molar-refractivity contribution in [2.24, 2.45) is 0 Å². The number of amides is 1. The van der Waals surface area contributed by atoms with Gasteiger partial charge in [0.1, 0.15) is 11.3 Å². The van der Waals surface area contributed by atoms with Gasteiger partial charge in [-0.15, -0.1) is 5.10 Å². The zero-order chi connectivity index (χ0) is 16.6. The van der Waals surface area contributed by atoms with Gasteiger partial charge < -0.3 is 14.6 Å². The molecule has 2 aromatic heterocycles. The third-order valence-corrected chi connectivity index (χ3v) is 5.26. The molecule has 4 rings (SSSR count). The van der Waals surface area contributed by atoms with Crippen LogP contribution >= 0.6 is 0 Å². The number of hydrogen-bond donors (Lipinski definition) is 1. The molecule has 0 radical (unpaired) electrons. The molecule has 1 saturated carbocycles. The molecule has 1 saturated heterocycles. The van der Waals surface area contributed by atoms with Crippen molar-refractivity contribution in [2.45, 2.75) is 50.3 Å². The van der Waals surface area contributed by atoms with E-state index in [1.807, 2.05) is 18.3 Å². The molecule has 2 aromatic rings. The smallest absolute Gasteiger partial charge is 0.270 e. The highest BCUT2D eigenvalue weighted by Crippen LogP contribution is 2.32. The van der Waals surface area contributed by atoms with Gasteiger partial charge >= 0.3 is 0 Å². The van der Waals surface area contributed by atoms with Crippen molar-refractivity contribution in [1.82, 2.24) is 24.5 Å². The Morgan fingerprint density at radius 3 is 2.92 bits per heavy atom. The molecule has 1 aliphatic carbocycles. The van der Waals surface area contributed by atoms with Crippen LogP contribution in [0.3, 0.4) is 0 Å². The van der Waals surface area contributed by atoms with Crippen molar-refractivity contribution >= 4 is 5.91 Å². The third kappa shape index (κ3) is 2.84. The first kappa shape index (κ1) is 15.4. The van der Waals surface area contributed by atoms with E-state index < -0.39 is 5.60 Å². The molecule has 2 fully saturated rings. The number of likely N-dealkylation sites (tertiary alicyclic amines) is 1. The molecule has 0 spiro atoms. The maximum atomic E-state index is 12.9. The second kappa shape index (κ2) is 6.05. The summed E-state index contributed by atoms with van der Waals surface area (Å²) < 4.78 is 3.75. The molecule has 1 atom stereocenters. The number of aliphatic hydroxyl groups is 1. The molecular weight excluding hydrogens is 306 g/mol. The SMILES string of the molecule is O=C(c1cccn1C1CCCC1)N1CCC(O)(Cn2ccnn2)C1. The van der Waals surface area contributed by atoms with Crippen molar-refractivity contribution in [3.63, 3.8) is 0 Å². The standard InChI is InChI=1S/C17H23N5O2/c23-16(15-6-3-9-22(15)14-4-1-2-5-14)20-10-7-17(24,12-20)13-21-11-8-18-19-21/h3,6,8-9,11,14,24H,1-2,4-5,7,10,12-13H2. The van der Waals surface area contributed by atoms with E-state index in [9.17, 15) is 9.90 Å². The lowest BCUT2D eigenvalue weighted by Crippen LogP contribution is -2.40. The molecule has 1 aliphatic heterocycles. The van der Waals surface area contributed by atoms with Gasteiger partial charge in [-0.05, 0) is 31.4 Å². The van der Waals surface area contributed by atoms with Crippen LogP contribution in [0, 0.1) is 0 Å². The number of β-amino-alcohol motifs (C(OH)–C–C–N with tert-alkyl or cyclic N) is 1. The number of carbonyl (C=O) groups is 1. The van der Waals surface area contributed by atoms with Gasteiger partial charge in [0.15, 0.2) is 0 Å². The highest BCUT2D eigenvalue weighted by atomic mass is 16.3. The van der Waals surface area contributed by atoms with Crippen LogP contribution < -0.4 is 0 Å². The highest BCUT2D eigenvalue weighted by Gasteiger charge is 2.39. The van der Waals surface area contributed by atoms with Crippen molar-refractivity contribution in [3.8, 4) is 0 Å². The summed E-state index contributed by atoms with van der Waals surface area (Å²) in [5.74, 6) is 0.0152. The predicted octanol–water partition coefficient (Wildman–Crippen LogP) is 1.47. The van der Waals surface area contributed by atoms with Crippen LogP contribution in [0.15, 0.2) is 30.7 Å². The molecule has 1 N–H and O–H groups in total. The molecule has 0 aromatic carbocycles. The Balaban J connectivity index is 1.47. The van der Waals surface area contributed by atoms with Crippen molar-refractivity contribution in [1.29, 1.82) is 0 Å². The van der Waals surface area contributed by atoms with Crippen LogP contribution in [0.1, 0.15) is 48.6 Å². The predicted molar refractivity (Wildman–Crippen MR) is 87.4 cm³/mol. The fourth-order valence-corrected chi connectivity index (χ4v) is 4.02. The minimum atomic E-state index is -0.936. The minimum absolute atomic E-state index is 0.0152. The summed E-state index contributed by atoms with van der Waals surface area (Å²) in [6, 6.07) is 4.29. The van der Waals surface area contributed by atoms with Gasteiger partial charge in [0.25, 0.3) is 5.91 Å². The molecule has 24 heavy (non-hydrogen) atoms. The number of rotatable bonds is 4. The summed E-state index contributed by atoms with van der Waals surface area (Å²) in [5, 5.41) is 18.4. The number of nitrogens with zero attached hydrogens (tertiary/aromatic N) is 5. The summed E-state index contributed by atoms with van der Waals surface area (Å²) in [6.07, 6.45) is 10.7. The Hall–Kier alpha value is -2.15. The third-order valence-electron chi connectivity index (χ3n) is 5.26. The second-order valence-corrected chi connectivity index (χ2v) is 7.04. The molecule has 1 unspecified atom stereocenters. The van der Waals surface area contributed by atoms with E-state index in [-0.39, 0.29) is 5.91 Å². The van der Waals surface area contributed by atoms with Crippen LogP contribution in [-0.4, -0.2) is 54.2 Å². The van der Waals surface area contributed by atoms with Crippen LogP contribution in [0.2, 0.25) is 0 Å². The van der Waals surface area contributed by atoms with Gasteiger partial charge in [-0.2, -0.15) is 0 Å². The van der Waals surface area contributed by atoms with Gasteiger partial charge in [0.2, 0.25) is 0 Å². The second-order valence-electron chi connectivity index (χ2n) is 7.04. The fraction of sp³-hybridized carbons (Fsp3) is 0.588. The van der Waals surface area contributed by atoms with E-state index in [0.717, 1.165) is 18.5 Å². The monoisotopic (exact) mass is 329 g/mol. The average Bonchev–Trinajstić information content (AvgIpc) is 3.34. The Labute approximate surface area is 140 Å². The van der Waals surface area contributed by atoms with Crippen LogP contribution in [0.4, 0.5) is 0 Å². The van der Waals surface area contributed by atoms with Crippen molar-refractivity contribution < 1.29 is 9.90 Å². The van der Waals surface area contributed by atoms with E-state index in [0.29, 0.717) is 32.1 Å². The van der Waals surface area contributed by atoms with Gasteiger partial charge in [0.05, 0.1) is 19.3 Å². The van der Waals surface area contributed by atoms with E-state index in [1.54, 1.807) is 22.0 Å². The Morgan fingerprint density at radius 2 is 2.17 bits per heavy atom. The molecule has 7 nitrogen and oxygen atoms in total. The maximum absolute atomic E-state index is 12.9. The Kier molecular flexibility index (Phi) is 3.88. The van der Waals surface area contributed by atoms with E-state index in [4.69, 9.17) is 0 Å². The largest absolute Gasteiger partial charge is 0.386 e. The quantitative estimate of drug-likeness (QED) is 0.922. The van der Waals surface area contributed by atoms with E-state index >= 15 is 0 Å². The first-order chi connectivity index (χ1) is 11.6. The van der Waals surface area contributed by atoms with E-state index in [1.165, 1.54) is 12.8 Å². The van der Waals surface area contributed by atoms with Crippen LogP contribution in [0.25, 0.3) is 0 Å². The zero-order valence-corrected chi connectivity index (χ0v) is 13.7. The number of aromatic nitrogens is 4. The molecule has 7 heteroatoms. The number of carbonyl (C=O) groups excluding carboxylic acids is 1. The fourth-order valence-electron chi connectivity index (χ4n) is 4.02. The summed E-state index contributed by atoms with van der Waals surface area (Å²) in [5.41, 5.74) is -0.194. The summed E-state index contributed by atoms with van der Waals surface area (Å²) >= 11 is 0. The van der Waals surface area contributed by atoms with Gasteiger partial charge in [-0.3, -0.25) is 4.79 Å². The Bertz CT molecular complexity index is 704. The normalized spacial score (nSPS) is 24.8. The van der Waals surface area contributed by atoms with Gasteiger partial charge in [-0.1, -0.05) is 18.1 Å². The summed E-state index contributed by atoms with van der Waals surface area (Å²) in [4.78, 5) is 14.7. The maximum Gasteiger partial charge on any atom is 0.270 e. The van der Waals surface area contributed by atoms with Crippen LogP contribution in [-0.2, 0) is 6.54 Å². The zero-order valence-electron chi connectivity index (χ0n) is 13.7.